The predicted molar refractivity (Wildman–Crippen MR) is 311 cm³/mol. The lowest BCUT2D eigenvalue weighted by molar-refractivity contribution is -0.0676. The molecule has 3 radical (unpaired) electrons. The van der Waals surface area contributed by atoms with E-state index < -0.39 is 167 Å². The lowest BCUT2D eigenvalue weighted by Gasteiger charge is -2.36. The summed E-state index contributed by atoms with van der Waals surface area (Å²) in [7, 11) is -13.2. The molecule has 4 bridgehead atoms. The minimum atomic E-state index is -5.04. The van der Waals surface area contributed by atoms with Crippen molar-refractivity contribution in [1.29, 1.82) is 0 Å². The van der Waals surface area contributed by atoms with Crippen LogP contribution in [-0.2, 0) is 78.1 Å². The summed E-state index contributed by atoms with van der Waals surface area (Å²) in [6.07, 6.45) is -16.3. The van der Waals surface area contributed by atoms with Gasteiger partial charge in [-0.2, -0.15) is 0 Å². The molecule has 8 aromatic heterocycles. The van der Waals surface area contributed by atoms with Gasteiger partial charge < -0.3 is 96.5 Å². The Labute approximate surface area is 530 Å². The molecule has 12 N–H and O–H groups in total. The Kier molecular flexibility index (Phi) is 17.4. The Morgan fingerprint density at radius 1 is 0.495 bits per heavy atom. The van der Waals surface area contributed by atoms with Crippen molar-refractivity contribution in [2.45, 2.75) is 112 Å². The summed E-state index contributed by atoms with van der Waals surface area (Å²) in [5.41, 5.74) is 11.5. The Balaban J connectivity index is 0.000000165. The van der Waals surface area contributed by atoms with Gasteiger partial charge in [-0.25, -0.2) is 68.2 Å². The normalized spacial score (nSPS) is 37.5. The molecule has 0 amide bonds. The van der Waals surface area contributed by atoms with E-state index in [2.05, 4.69) is 59.8 Å². The summed E-state index contributed by atoms with van der Waals surface area (Å²) in [4.78, 5) is 92.6. The van der Waals surface area contributed by atoms with Gasteiger partial charge in [-0.3, -0.25) is 55.0 Å². The Morgan fingerprint density at radius 2 is 0.895 bits per heavy atom. The number of nitrogens with zero attached hydrogens (tertiary/aromatic N) is 15. The molecule has 0 aliphatic carbocycles. The highest BCUT2D eigenvalue weighted by Crippen LogP contribution is 2.59. The van der Waals surface area contributed by atoms with E-state index in [1.165, 1.54) is 67.8 Å². The maximum Gasteiger partial charge on any atom is 0.472 e. The lowest BCUT2D eigenvalue weighted by atomic mass is 10.1. The third-order valence-electron chi connectivity index (χ3n) is 16.2. The molecule has 0 aromatic carbocycles. The number of fused-ring (bicyclic) bond motifs is 10. The number of hydrogen-bond donors (Lipinski definition) is 10. The first kappa shape index (κ1) is 65.9. The topological polar surface area (TPSA) is 579 Å². The zero-order valence-corrected chi connectivity index (χ0v) is 52.6. The van der Waals surface area contributed by atoms with Gasteiger partial charge in [0.15, 0.2) is 70.2 Å². The fourth-order valence-corrected chi connectivity index (χ4v) is 16.5. The van der Waals surface area contributed by atoms with Gasteiger partial charge in [0.1, 0.15) is 109 Å². The van der Waals surface area contributed by atoms with Gasteiger partial charge >= 0.3 is 23.4 Å². The van der Waals surface area contributed by atoms with Crippen LogP contribution in [-0.4, -0.2) is 247 Å². The molecule has 509 valence electrons. The second-order valence-electron chi connectivity index (χ2n) is 22.3. The van der Waals surface area contributed by atoms with Gasteiger partial charge in [0, 0.05) is 13.1 Å². The summed E-state index contributed by atoms with van der Waals surface area (Å²) in [5, 5.41) is 45.2. The van der Waals surface area contributed by atoms with Crippen molar-refractivity contribution in [1.82, 2.24) is 82.7 Å². The molecule has 44 nitrogen and oxygen atoms in total. The number of ether oxygens (including phenoxy) is 5. The number of nitrogens with one attached hydrogen (secondary N) is 2. The standard InChI is InChI=1S/C25H32N10O13P2.C21H24BN9O12P2/c1-11-31-22-15(23(38)32-11)30-10-35(22)25-19-16(36)12(45-25)6-44-50(40,41)48-18-13(7-43-49(39,47-19)33-2-4-42-5-3-33)46-24(17(18)37)34-9-29-14-20(26)27-8-28-21(14)34;1-7-28-18-11(19(34)29-7)27-6-31(18)21-15-12(32)8(40-21)2-39-45(36,37)43-14-9(3-38-44(22,35)42-15)41-20(13(14)33)30-5-26-10-16(23)24-4-25-17(10)30/h8-10,12-13,16-19,24-25,36-37H,2-7H2,1H3,(H,40,41)(H2,26,27,28)(H,31,32,38);4-6,8-9,12-15,20-21,32-33H,2-3H2,1H3,(H,36,37)(H2,23,24,25)(H,28,29,34)/q;-1/t12-,13-,16?,17?,18+,19+,24-,25-,49?;8-,9-,12?,13?,14+,15+,20-,21-,44?/m11/s1. The average Bonchev–Trinajstić information content (AvgIpc) is 1.63. The minimum Gasteiger partial charge on any atom is -0.444 e. The largest absolute Gasteiger partial charge is 0.472 e. The highest BCUT2D eigenvalue weighted by Gasteiger charge is 2.57. The van der Waals surface area contributed by atoms with Crippen LogP contribution >= 0.6 is 30.9 Å². The minimum absolute atomic E-state index is 0.0370. The number of rotatable bonds is 5. The number of morpholine rings is 1. The Morgan fingerprint density at radius 3 is 1.36 bits per heavy atom. The van der Waals surface area contributed by atoms with Gasteiger partial charge in [0.25, 0.3) is 11.1 Å². The van der Waals surface area contributed by atoms with Gasteiger partial charge in [0.05, 0.1) is 72.4 Å². The molecule has 0 saturated carbocycles. The first-order valence-electron chi connectivity index (χ1n) is 28.6. The highest BCUT2D eigenvalue weighted by molar-refractivity contribution is 7.79. The fourth-order valence-electron chi connectivity index (χ4n) is 11.8. The van der Waals surface area contributed by atoms with E-state index in [9.17, 15) is 58.1 Å². The van der Waals surface area contributed by atoms with Crippen LogP contribution in [0.25, 0.3) is 44.7 Å². The quantitative estimate of drug-likeness (QED) is 0.0618. The molecule has 7 aliphatic heterocycles. The van der Waals surface area contributed by atoms with Crippen LogP contribution < -0.4 is 22.6 Å². The number of aromatic amines is 2. The number of nitrogen functional groups attached to an aromatic ring is 2. The zero-order valence-electron chi connectivity index (χ0n) is 49.0. The molecule has 7 aliphatic rings. The van der Waals surface area contributed by atoms with Crippen molar-refractivity contribution in [2.75, 3.05) is 64.2 Å². The summed E-state index contributed by atoms with van der Waals surface area (Å²) < 4.78 is 135. The molecule has 49 heteroatoms. The molecule has 0 spiro atoms. The van der Waals surface area contributed by atoms with Gasteiger partial charge in [0.2, 0.25) is 0 Å². The first-order valence-corrected chi connectivity index (χ1v) is 34.7. The van der Waals surface area contributed by atoms with Crippen molar-refractivity contribution in [3.8, 4) is 0 Å². The maximum atomic E-state index is 14.9. The van der Waals surface area contributed by atoms with Crippen LogP contribution in [0.5, 0.6) is 0 Å². The van der Waals surface area contributed by atoms with E-state index in [0.717, 1.165) is 0 Å². The van der Waals surface area contributed by atoms with Gasteiger partial charge in [-0.1, -0.05) is 0 Å². The first-order chi connectivity index (χ1) is 45.2. The molecule has 15 heterocycles. The summed E-state index contributed by atoms with van der Waals surface area (Å²) >= 11 is 0. The third-order valence-corrected chi connectivity index (χ3v) is 21.3. The fraction of sp³-hybridized carbons (Fsp3) is 0.565. The number of phosphoric acid groups is 2. The third kappa shape index (κ3) is 12.4. The molecule has 8 unspecified atom stereocenters. The smallest absolute Gasteiger partial charge is 0.444 e. The van der Waals surface area contributed by atoms with Crippen LogP contribution in [0.15, 0.2) is 47.6 Å². The molecule has 95 heavy (non-hydrogen) atoms. The average molecular weight is 1410 g/mol. The number of H-pyrrole nitrogens is 2. The molecule has 15 rings (SSSR count). The van der Waals surface area contributed by atoms with E-state index in [0.29, 0.717) is 0 Å². The summed E-state index contributed by atoms with van der Waals surface area (Å²) in [5.74, 6) is 0.625. The number of hydrogen-bond acceptors (Lipinski definition) is 35. The van der Waals surface area contributed by atoms with Crippen molar-refractivity contribution in [2.24, 2.45) is 0 Å². The molecular formula is C46H56BN19O25P4-. The van der Waals surface area contributed by atoms with E-state index in [-0.39, 0.29) is 94.2 Å². The SMILES string of the molecule is Cc1nc2c(ncn2[C@@H]2O[C@@H]3COP(=O)(O)O[C@@H]4C(O)[C@H](n5cnc6c(N)ncnc65)O[C@@H]4COP(=O)(N4CCOCC4)O[C@H]2C3O)c(=O)[nH]1.[B-]P1(=O)OC[C@H]2O[C@@H](n3cnc4c(N)ncnc43)C(O)[C@H]2OP(=O)(O)OC[C@H]2O[C@@H](n3cnc4c(=O)[nH]c(C)nc43)[C@@H](O1)C2O. The van der Waals surface area contributed by atoms with E-state index >= 15 is 0 Å². The number of aliphatic hydroxyl groups is 4. The second-order valence-corrected chi connectivity index (χ2v) is 28.6. The summed E-state index contributed by atoms with van der Waals surface area (Å²) in [6, 6.07) is 0. The molecule has 20 atom stereocenters. The van der Waals surface area contributed by atoms with Crippen molar-refractivity contribution in [3.63, 3.8) is 0 Å². The monoisotopic (exact) mass is 1410 g/mol. The van der Waals surface area contributed by atoms with Crippen LogP contribution in [0.3, 0.4) is 0 Å². The number of nitrogens with two attached hydrogens (primary N) is 2. The number of aliphatic hydroxyl groups excluding tert-OH is 4. The molecule has 7 saturated heterocycles. The van der Waals surface area contributed by atoms with E-state index in [4.69, 9.17) is 78.9 Å². The van der Waals surface area contributed by atoms with Crippen LogP contribution in [0.1, 0.15) is 36.6 Å². The lowest BCUT2D eigenvalue weighted by Crippen LogP contribution is -2.41. The van der Waals surface area contributed by atoms with Crippen molar-refractivity contribution in [3.05, 3.63) is 70.3 Å². The predicted octanol–water partition coefficient (Wildman–Crippen LogP) is -2.71. The van der Waals surface area contributed by atoms with Crippen molar-refractivity contribution < 1.29 is 108 Å². The molecule has 7 fully saturated rings. The van der Waals surface area contributed by atoms with Gasteiger partial charge in [-0.15, -0.1) is 0 Å². The second kappa shape index (κ2) is 25.1. The van der Waals surface area contributed by atoms with Crippen LogP contribution in [0.4, 0.5) is 11.6 Å². The number of aromatic nitrogens is 16. The van der Waals surface area contributed by atoms with Crippen molar-refractivity contribution >= 4 is 94.7 Å². The number of imidazole rings is 4. The van der Waals surface area contributed by atoms with E-state index in [1.54, 1.807) is 6.92 Å². The van der Waals surface area contributed by atoms with Gasteiger partial charge in [-0.05, 0) is 13.8 Å². The molecular weight excluding hydrogens is 1350 g/mol. The summed E-state index contributed by atoms with van der Waals surface area (Å²) in [6.45, 7) is 0.868. The number of anilines is 2. The molecule has 8 aromatic rings. The zero-order chi connectivity index (χ0) is 66.8. The Bertz CT molecular complexity index is 4580. The Hall–Kier alpha value is -6.42. The van der Waals surface area contributed by atoms with E-state index in [1.807, 2.05) is 0 Å². The maximum absolute atomic E-state index is 14.9. The number of aryl methyl sites for hydroxylation is 2. The van der Waals surface area contributed by atoms with Crippen LogP contribution in [0, 0.1) is 13.8 Å². The highest BCUT2D eigenvalue weighted by atomic mass is 31.2. The van der Waals surface area contributed by atoms with Crippen LogP contribution in [0.2, 0.25) is 0 Å². The number of phosphoric ester groups is 2.